The lowest BCUT2D eigenvalue weighted by Gasteiger charge is -2.19. The van der Waals surface area contributed by atoms with Crippen LogP contribution in [0.25, 0.3) is 0 Å². The van der Waals surface area contributed by atoms with Crippen LogP contribution in [0.5, 0.6) is 0 Å². The van der Waals surface area contributed by atoms with Crippen molar-refractivity contribution >= 4 is 11.7 Å². The Balaban J connectivity index is 2.16. The van der Waals surface area contributed by atoms with Crippen LogP contribution < -0.4 is 4.90 Å². The fraction of sp³-hybridized carbons (Fsp3) is 0.538. The minimum absolute atomic E-state index is 0.171. The summed E-state index contributed by atoms with van der Waals surface area (Å²) >= 11 is 0. The van der Waals surface area contributed by atoms with Gasteiger partial charge in [0.25, 0.3) is 0 Å². The van der Waals surface area contributed by atoms with Gasteiger partial charge < -0.3 is 10.0 Å². The van der Waals surface area contributed by atoms with Gasteiger partial charge in [-0.2, -0.15) is 0 Å². The molecule has 2 heterocycles. The Hall–Kier alpha value is -1.58. The number of carboxylic acids is 1. The molecule has 1 atom stereocenters. The van der Waals surface area contributed by atoms with E-state index in [9.17, 15) is 4.79 Å². The van der Waals surface area contributed by atoms with Gasteiger partial charge in [0.05, 0.1) is 5.69 Å². The Bertz CT molecular complexity index is 406. The topological polar surface area (TPSA) is 53.4 Å². The van der Waals surface area contributed by atoms with Gasteiger partial charge in [0.1, 0.15) is 0 Å². The van der Waals surface area contributed by atoms with Crippen molar-refractivity contribution in [3.05, 3.63) is 24.0 Å². The maximum Gasteiger partial charge on any atom is 0.356 e. The maximum absolute atomic E-state index is 11.1. The zero-order valence-corrected chi connectivity index (χ0v) is 10.1. The van der Waals surface area contributed by atoms with Crippen LogP contribution in [0.4, 0.5) is 5.69 Å². The molecule has 2 rings (SSSR count). The van der Waals surface area contributed by atoms with E-state index < -0.39 is 5.97 Å². The van der Waals surface area contributed by atoms with Crippen molar-refractivity contribution in [1.82, 2.24) is 4.98 Å². The fourth-order valence-corrected chi connectivity index (χ4v) is 2.51. The molecule has 17 heavy (non-hydrogen) atoms. The number of carboxylic acid groups (broad SMARTS) is 1. The number of pyridine rings is 1. The summed E-state index contributed by atoms with van der Waals surface area (Å²) in [7, 11) is 0. The third-order valence-electron chi connectivity index (χ3n) is 3.31. The third-order valence-corrected chi connectivity index (χ3v) is 3.31. The van der Waals surface area contributed by atoms with Crippen LogP contribution in [0.2, 0.25) is 0 Å². The molecule has 0 aliphatic carbocycles. The Morgan fingerprint density at radius 2 is 2.47 bits per heavy atom. The predicted molar refractivity (Wildman–Crippen MR) is 66.4 cm³/mol. The second-order valence-electron chi connectivity index (χ2n) is 4.57. The van der Waals surface area contributed by atoms with E-state index in [2.05, 4.69) is 16.8 Å². The molecule has 1 saturated heterocycles. The van der Waals surface area contributed by atoms with Gasteiger partial charge in [-0.05, 0) is 30.9 Å². The second kappa shape index (κ2) is 5.17. The molecule has 0 bridgehead atoms. The lowest BCUT2D eigenvalue weighted by Crippen LogP contribution is -2.22. The number of hydrogen-bond acceptors (Lipinski definition) is 3. The van der Waals surface area contributed by atoms with Crippen LogP contribution in [0, 0.1) is 5.92 Å². The van der Waals surface area contributed by atoms with E-state index in [0.29, 0.717) is 5.92 Å². The Labute approximate surface area is 101 Å². The van der Waals surface area contributed by atoms with Gasteiger partial charge in [0.15, 0.2) is 5.69 Å². The first kappa shape index (κ1) is 11.9. The Kier molecular flexibility index (Phi) is 3.61. The van der Waals surface area contributed by atoms with Crippen LogP contribution >= 0.6 is 0 Å². The molecule has 4 heteroatoms. The number of carbonyl (C=O) groups is 1. The maximum atomic E-state index is 11.1. The van der Waals surface area contributed by atoms with Crippen molar-refractivity contribution in [2.45, 2.75) is 26.2 Å². The molecule has 0 radical (unpaired) electrons. The van der Waals surface area contributed by atoms with Crippen molar-refractivity contribution < 1.29 is 9.90 Å². The number of rotatable bonds is 4. The Morgan fingerprint density at radius 3 is 3.18 bits per heavy atom. The van der Waals surface area contributed by atoms with Gasteiger partial charge in [-0.15, -0.1) is 0 Å². The molecule has 4 nitrogen and oxygen atoms in total. The van der Waals surface area contributed by atoms with E-state index in [-0.39, 0.29) is 5.69 Å². The molecule has 1 aliphatic heterocycles. The van der Waals surface area contributed by atoms with Crippen molar-refractivity contribution in [2.75, 3.05) is 18.0 Å². The minimum atomic E-state index is -0.945. The summed E-state index contributed by atoms with van der Waals surface area (Å²) in [4.78, 5) is 17.2. The predicted octanol–water partition coefficient (Wildman–Crippen LogP) is 2.41. The number of anilines is 1. The second-order valence-corrected chi connectivity index (χ2v) is 4.57. The zero-order chi connectivity index (χ0) is 12.3. The molecule has 1 aromatic heterocycles. The molecule has 92 valence electrons. The number of aromatic carboxylic acids is 1. The molecule has 1 N–H and O–H groups in total. The highest BCUT2D eigenvalue weighted by molar-refractivity contribution is 5.92. The van der Waals surface area contributed by atoms with Crippen LogP contribution in [0.3, 0.4) is 0 Å². The monoisotopic (exact) mass is 234 g/mol. The molecule has 0 saturated carbocycles. The molecular weight excluding hydrogens is 216 g/mol. The van der Waals surface area contributed by atoms with Crippen molar-refractivity contribution in [2.24, 2.45) is 5.92 Å². The zero-order valence-electron chi connectivity index (χ0n) is 10.1. The average Bonchev–Trinajstić information content (AvgIpc) is 2.78. The van der Waals surface area contributed by atoms with E-state index in [1.165, 1.54) is 19.0 Å². The van der Waals surface area contributed by atoms with Gasteiger partial charge in [-0.3, -0.25) is 0 Å². The summed E-state index contributed by atoms with van der Waals surface area (Å²) in [6.45, 7) is 4.09. The molecule has 1 unspecified atom stereocenters. The van der Waals surface area contributed by atoms with Crippen LogP contribution in [0.1, 0.15) is 36.7 Å². The van der Waals surface area contributed by atoms with Crippen LogP contribution in [-0.2, 0) is 0 Å². The minimum Gasteiger partial charge on any atom is -0.476 e. The largest absolute Gasteiger partial charge is 0.476 e. The molecule has 0 spiro atoms. The van der Waals surface area contributed by atoms with E-state index in [1.54, 1.807) is 6.07 Å². The molecule has 1 fully saturated rings. The van der Waals surface area contributed by atoms with Gasteiger partial charge >= 0.3 is 5.97 Å². The molecule has 1 aromatic rings. The smallest absolute Gasteiger partial charge is 0.356 e. The quantitative estimate of drug-likeness (QED) is 0.869. The summed E-state index contributed by atoms with van der Waals surface area (Å²) in [5.74, 6) is -0.249. The van der Waals surface area contributed by atoms with Crippen molar-refractivity contribution in [3.63, 3.8) is 0 Å². The first-order chi connectivity index (χ1) is 8.22. The standard InChI is InChI=1S/C13H18N2O2/c1-2-4-10-6-8-15(9-10)11-5-3-7-14-12(11)13(16)17/h3,5,7,10H,2,4,6,8-9H2,1H3,(H,16,17). The lowest BCUT2D eigenvalue weighted by molar-refractivity contribution is 0.0691. The van der Waals surface area contributed by atoms with Crippen LogP contribution in [0.15, 0.2) is 18.3 Å². The third kappa shape index (κ3) is 2.57. The summed E-state index contributed by atoms with van der Waals surface area (Å²) in [5, 5.41) is 9.11. The highest BCUT2D eigenvalue weighted by atomic mass is 16.4. The Morgan fingerprint density at radius 1 is 1.65 bits per heavy atom. The van der Waals surface area contributed by atoms with Gasteiger partial charge in [0.2, 0.25) is 0 Å². The van der Waals surface area contributed by atoms with Gasteiger partial charge in [0, 0.05) is 19.3 Å². The number of aromatic nitrogens is 1. The lowest BCUT2D eigenvalue weighted by atomic mass is 10.0. The fourth-order valence-electron chi connectivity index (χ4n) is 2.51. The van der Waals surface area contributed by atoms with E-state index >= 15 is 0 Å². The molecular formula is C13H18N2O2. The van der Waals surface area contributed by atoms with Gasteiger partial charge in [-0.1, -0.05) is 13.3 Å². The SMILES string of the molecule is CCCC1CCN(c2cccnc2C(=O)O)C1. The summed E-state index contributed by atoms with van der Waals surface area (Å²) < 4.78 is 0. The molecule has 1 aliphatic rings. The van der Waals surface area contributed by atoms with Crippen LogP contribution in [-0.4, -0.2) is 29.1 Å². The normalized spacial score (nSPS) is 19.6. The molecule has 0 amide bonds. The van der Waals surface area contributed by atoms with Gasteiger partial charge in [-0.25, -0.2) is 9.78 Å². The number of nitrogens with zero attached hydrogens (tertiary/aromatic N) is 2. The molecule has 0 aromatic carbocycles. The highest BCUT2D eigenvalue weighted by Gasteiger charge is 2.25. The average molecular weight is 234 g/mol. The summed E-state index contributed by atoms with van der Waals surface area (Å²) in [5.41, 5.74) is 0.934. The van der Waals surface area contributed by atoms with Crippen molar-refractivity contribution in [1.29, 1.82) is 0 Å². The summed E-state index contributed by atoms with van der Waals surface area (Å²) in [6.07, 6.45) is 5.10. The summed E-state index contributed by atoms with van der Waals surface area (Å²) in [6, 6.07) is 3.65. The van der Waals surface area contributed by atoms with E-state index in [0.717, 1.165) is 25.2 Å². The van der Waals surface area contributed by atoms with Crippen molar-refractivity contribution in [3.8, 4) is 0 Å². The van der Waals surface area contributed by atoms with E-state index in [4.69, 9.17) is 5.11 Å². The first-order valence-corrected chi connectivity index (χ1v) is 6.15. The van der Waals surface area contributed by atoms with E-state index in [1.807, 2.05) is 6.07 Å². The number of hydrogen-bond donors (Lipinski definition) is 1. The first-order valence-electron chi connectivity index (χ1n) is 6.15. The highest BCUT2D eigenvalue weighted by Crippen LogP contribution is 2.28.